The van der Waals surface area contributed by atoms with E-state index in [0.29, 0.717) is 6.04 Å². The summed E-state index contributed by atoms with van der Waals surface area (Å²) in [6.45, 7) is 2.11. The summed E-state index contributed by atoms with van der Waals surface area (Å²) < 4.78 is 0. The van der Waals surface area contributed by atoms with Crippen molar-refractivity contribution in [2.24, 2.45) is 0 Å². The SMILES string of the molecule is CCC(NC)c1cn[nH]n1. The number of aromatic nitrogens is 3. The Morgan fingerprint density at radius 3 is 3.00 bits per heavy atom. The number of hydrogen-bond donors (Lipinski definition) is 2. The number of nitrogens with one attached hydrogen (secondary N) is 2. The van der Waals surface area contributed by atoms with Crippen LogP contribution in [0, 0.1) is 0 Å². The molecule has 0 aromatic carbocycles. The molecule has 0 radical (unpaired) electrons. The third-order valence-electron chi connectivity index (χ3n) is 1.55. The summed E-state index contributed by atoms with van der Waals surface area (Å²) in [7, 11) is 1.92. The van der Waals surface area contributed by atoms with E-state index in [4.69, 9.17) is 0 Å². The van der Waals surface area contributed by atoms with Crippen molar-refractivity contribution in [2.45, 2.75) is 19.4 Å². The maximum atomic E-state index is 3.96. The third-order valence-corrected chi connectivity index (χ3v) is 1.55. The molecule has 1 aromatic heterocycles. The van der Waals surface area contributed by atoms with Gasteiger partial charge >= 0.3 is 0 Å². The van der Waals surface area contributed by atoms with Crippen LogP contribution >= 0.6 is 0 Å². The Hall–Kier alpha value is -0.900. The van der Waals surface area contributed by atoms with Crippen LogP contribution < -0.4 is 5.32 Å². The fourth-order valence-electron chi connectivity index (χ4n) is 0.940. The van der Waals surface area contributed by atoms with E-state index in [1.54, 1.807) is 6.20 Å². The highest BCUT2D eigenvalue weighted by atomic mass is 15.3. The van der Waals surface area contributed by atoms with Gasteiger partial charge in [0.15, 0.2) is 0 Å². The zero-order valence-corrected chi connectivity index (χ0v) is 6.26. The largest absolute Gasteiger partial charge is 0.312 e. The zero-order valence-electron chi connectivity index (χ0n) is 6.26. The van der Waals surface area contributed by atoms with Crippen molar-refractivity contribution in [2.75, 3.05) is 7.05 Å². The van der Waals surface area contributed by atoms with Crippen molar-refractivity contribution in [1.82, 2.24) is 20.7 Å². The second kappa shape index (κ2) is 3.31. The highest BCUT2D eigenvalue weighted by molar-refractivity contribution is 4.98. The maximum Gasteiger partial charge on any atom is 0.0993 e. The smallest absolute Gasteiger partial charge is 0.0993 e. The second-order valence-electron chi connectivity index (χ2n) is 2.14. The molecule has 0 aliphatic rings. The van der Waals surface area contributed by atoms with Gasteiger partial charge in [0.25, 0.3) is 0 Å². The van der Waals surface area contributed by atoms with Crippen LogP contribution in [0.4, 0.5) is 0 Å². The Labute approximate surface area is 60.0 Å². The molecule has 0 saturated carbocycles. The van der Waals surface area contributed by atoms with E-state index < -0.39 is 0 Å². The van der Waals surface area contributed by atoms with Crippen molar-refractivity contribution in [1.29, 1.82) is 0 Å². The minimum Gasteiger partial charge on any atom is -0.312 e. The van der Waals surface area contributed by atoms with Gasteiger partial charge in [0, 0.05) is 0 Å². The van der Waals surface area contributed by atoms with Crippen molar-refractivity contribution < 1.29 is 0 Å². The summed E-state index contributed by atoms with van der Waals surface area (Å²) in [5, 5.41) is 13.4. The van der Waals surface area contributed by atoms with Gasteiger partial charge in [-0.3, -0.25) is 0 Å². The lowest BCUT2D eigenvalue weighted by Crippen LogP contribution is -2.15. The third kappa shape index (κ3) is 1.33. The molecule has 10 heavy (non-hydrogen) atoms. The number of rotatable bonds is 3. The van der Waals surface area contributed by atoms with Crippen LogP contribution in [-0.2, 0) is 0 Å². The highest BCUT2D eigenvalue weighted by Crippen LogP contribution is 2.09. The lowest BCUT2D eigenvalue weighted by atomic mass is 10.2. The van der Waals surface area contributed by atoms with Crippen LogP contribution in [-0.4, -0.2) is 22.5 Å². The second-order valence-corrected chi connectivity index (χ2v) is 2.14. The fraction of sp³-hybridized carbons (Fsp3) is 0.667. The molecule has 1 aromatic rings. The van der Waals surface area contributed by atoms with E-state index in [-0.39, 0.29) is 0 Å². The molecule has 4 nitrogen and oxygen atoms in total. The van der Waals surface area contributed by atoms with E-state index in [1.165, 1.54) is 0 Å². The molecule has 1 unspecified atom stereocenters. The average Bonchev–Trinajstić information content (AvgIpc) is 2.43. The van der Waals surface area contributed by atoms with Gasteiger partial charge in [0.05, 0.1) is 17.9 Å². The molecule has 2 N–H and O–H groups in total. The zero-order chi connectivity index (χ0) is 7.40. The monoisotopic (exact) mass is 140 g/mol. The first-order valence-electron chi connectivity index (χ1n) is 3.41. The molecule has 0 aliphatic heterocycles. The van der Waals surface area contributed by atoms with Gasteiger partial charge in [-0.05, 0) is 13.5 Å². The number of nitrogens with zero attached hydrogens (tertiary/aromatic N) is 2. The van der Waals surface area contributed by atoms with Crippen LogP contribution in [0.15, 0.2) is 6.20 Å². The van der Waals surface area contributed by atoms with Crippen LogP contribution in [0.3, 0.4) is 0 Å². The van der Waals surface area contributed by atoms with Crippen LogP contribution in [0.5, 0.6) is 0 Å². The van der Waals surface area contributed by atoms with Crippen molar-refractivity contribution in [3.05, 3.63) is 11.9 Å². The summed E-state index contributed by atoms with van der Waals surface area (Å²) in [5.74, 6) is 0. The molecule has 0 aliphatic carbocycles. The molecule has 1 atom stereocenters. The molecule has 0 fully saturated rings. The predicted molar refractivity (Wildman–Crippen MR) is 38.5 cm³/mol. The van der Waals surface area contributed by atoms with Gasteiger partial charge in [-0.25, -0.2) is 0 Å². The Balaban J connectivity index is 2.64. The molecule has 1 rings (SSSR count). The first-order chi connectivity index (χ1) is 4.88. The van der Waals surface area contributed by atoms with Gasteiger partial charge in [-0.1, -0.05) is 6.92 Å². The quantitative estimate of drug-likeness (QED) is 0.642. The van der Waals surface area contributed by atoms with Crippen LogP contribution in [0.1, 0.15) is 25.1 Å². The molecular weight excluding hydrogens is 128 g/mol. The lowest BCUT2D eigenvalue weighted by Gasteiger charge is -2.08. The van der Waals surface area contributed by atoms with Crippen molar-refractivity contribution in [3.8, 4) is 0 Å². The Morgan fingerprint density at radius 1 is 1.80 bits per heavy atom. The van der Waals surface area contributed by atoms with E-state index in [0.717, 1.165) is 12.1 Å². The maximum absolute atomic E-state index is 3.96. The molecule has 0 bridgehead atoms. The molecule has 0 spiro atoms. The first kappa shape index (κ1) is 7.21. The van der Waals surface area contributed by atoms with Gasteiger partial charge in [0.2, 0.25) is 0 Å². The minimum atomic E-state index is 0.332. The van der Waals surface area contributed by atoms with Gasteiger partial charge in [-0.15, -0.1) is 0 Å². The van der Waals surface area contributed by atoms with Crippen LogP contribution in [0.25, 0.3) is 0 Å². The van der Waals surface area contributed by atoms with Gasteiger partial charge < -0.3 is 5.32 Å². The Bertz CT molecular complexity index is 166. The summed E-state index contributed by atoms with van der Waals surface area (Å²) in [4.78, 5) is 0. The fourth-order valence-corrected chi connectivity index (χ4v) is 0.940. The van der Waals surface area contributed by atoms with E-state index >= 15 is 0 Å². The molecule has 0 saturated heterocycles. The topological polar surface area (TPSA) is 53.6 Å². The molecule has 56 valence electrons. The van der Waals surface area contributed by atoms with Gasteiger partial charge in [-0.2, -0.15) is 15.4 Å². The summed E-state index contributed by atoms with van der Waals surface area (Å²) in [6, 6.07) is 0.332. The molecule has 1 heterocycles. The lowest BCUT2D eigenvalue weighted by molar-refractivity contribution is 0.560. The number of H-pyrrole nitrogens is 1. The van der Waals surface area contributed by atoms with Gasteiger partial charge in [0.1, 0.15) is 0 Å². The normalized spacial score (nSPS) is 13.4. The standard InChI is InChI=1S/C6H12N4/c1-3-5(7-2)6-4-8-10-9-6/h4-5,7H,3H2,1-2H3,(H,8,9,10). The minimum absolute atomic E-state index is 0.332. The number of hydrogen-bond acceptors (Lipinski definition) is 3. The summed E-state index contributed by atoms with van der Waals surface area (Å²) in [5.41, 5.74) is 0.977. The van der Waals surface area contributed by atoms with Crippen LogP contribution in [0.2, 0.25) is 0 Å². The molecular formula is C6H12N4. The summed E-state index contributed by atoms with van der Waals surface area (Å²) >= 11 is 0. The predicted octanol–water partition coefficient (Wildman–Crippen LogP) is 0.475. The Kier molecular flexibility index (Phi) is 2.39. The van der Waals surface area contributed by atoms with E-state index in [2.05, 4.69) is 27.7 Å². The van der Waals surface area contributed by atoms with Crippen molar-refractivity contribution >= 4 is 0 Å². The van der Waals surface area contributed by atoms with E-state index in [1.807, 2.05) is 7.05 Å². The average molecular weight is 140 g/mol. The Morgan fingerprint density at radius 2 is 2.60 bits per heavy atom. The summed E-state index contributed by atoms with van der Waals surface area (Å²) in [6.07, 6.45) is 2.77. The molecule has 0 amide bonds. The van der Waals surface area contributed by atoms with E-state index in [9.17, 15) is 0 Å². The number of aromatic amines is 1. The first-order valence-corrected chi connectivity index (χ1v) is 3.41. The molecule has 4 heteroatoms. The highest BCUT2D eigenvalue weighted by Gasteiger charge is 2.07. The van der Waals surface area contributed by atoms with Crippen molar-refractivity contribution in [3.63, 3.8) is 0 Å².